The van der Waals surface area contributed by atoms with Gasteiger partial charge in [-0.25, -0.2) is 0 Å². The molecule has 0 aromatic heterocycles. The van der Waals surface area contributed by atoms with Crippen molar-refractivity contribution in [2.75, 3.05) is 11.9 Å². The summed E-state index contributed by atoms with van der Waals surface area (Å²) < 4.78 is 0. The minimum Gasteiger partial charge on any atom is -0.380 e. The second-order valence-corrected chi connectivity index (χ2v) is 3.01. The lowest BCUT2D eigenvalue weighted by Gasteiger charge is -2.08. The molecule has 0 spiro atoms. The second kappa shape index (κ2) is 4.17. The zero-order valence-electron chi connectivity index (χ0n) is 7.10. The van der Waals surface area contributed by atoms with Gasteiger partial charge in [0.1, 0.15) is 0 Å². The van der Waals surface area contributed by atoms with E-state index in [0.29, 0.717) is 0 Å². The van der Waals surface area contributed by atoms with Crippen molar-refractivity contribution in [1.82, 2.24) is 0 Å². The first-order valence-corrected chi connectivity index (χ1v) is 4.23. The fourth-order valence-electron chi connectivity index (χ4n) is 1.03. The molecule has 1 aromatic rings. The molecule has 0 saturated carbocycles. The predicted octanol–water partition coefficient (Wildman–Crippen LogP) is 3.25. The summed E-state index contributed by atoms with van der Waals surface area (Å²) in [5, 5.41) is 3.94. The molecular weight excluding hydrogens is 170 g/mol. The van der Waals surface area contributed by atoms with Gasteiger partial charge < -0.3 is 5.32 Å². The van der Waals surface area contributed by atoms with Crippen LogP contribution in [-0.2, 0) is 0 Å². The van der Waals surface area contributed by atoms with Crippen LogP contribution in [0.4, 0.5) is 5.69 Å². The molecule has 1 nitrogen and oxygen atoms in total. The van der Waals surface area contributed by atoms with Crippen LogP contribution in [0.15, 0.2) is 30.9 Å². The lowest BCUT2D eigenvalue weighted by atomic mass is 10.2. The van der Waals surface area contributed by atoms with Gasteiger partial charge in [-0.15, -0.1) is 6.58 Å². The van der Waals surface area contributed by atoms with Crippen LogP contribution in [0.5, 0.6) is 0 Å². The largest absolute Gasteiger partial charge is 0.380 e. The molecular formula is C10H12ClN. The summed E-state index contributed by atoms with van der Waals surface area (Å²) in [4.78, 5) is 0. The summed E-state index contributed by atoms with van der Waals surface area (Å²) in [5.74, 6) is 0. The number of rotatable bonds is 3. The first-order chi connectivity index (χ1) is 5.75. The molecule has 0 aliphatic heterocycles. The van der Waals surface area contributed by atoms with Crippen molar-refractivity contribution < 1.29 is 0 Å². The Hall–Kier alpha value is -0.950. The van der Waals surface area contributed by atoms with E-state index < -0.39 is 0 Å². The number of para-hydroxylation sites is 1. The summed E-state index contributed by atoms with van der Waals surface area (Å²) in [6, 6.07) is 5.84. The zero-order chi connectivity index (χ0) is 8.97. The van der Waals surface area contributed by atoms with Crippen LogP contribution in [0.3, 0.4) is 0 Å². The molecule has 0 aliphatic carbocycles. The average molecular weight is 182 g/mol. The van der Waals surface area contributed by atoms with Crippen molar-refractivity contribution >= 4 is 17.3 Å². The van der Waals surface area contributed by atoms with Crippen LogP contribution in [-0.4, -0.2) is 6.54 Å². The maximum absolute atomic E-state index is 5.97. The molecule has 12 heavy (non-hydrogen) atoms. The lowest BCUT2D eigenvalue weighted by Crippen LogP contribution is -2.00. The van der Waals surface area contributed by atoms with E-state index in [-0.39, 0.29) is 0 Å². The molecule has 1 rings (SSSR count). The van der Waals surface area contributed by atoms with Gasteiger partial charge in [-0.2, -0.15) is 0 Å². The Morgan fingerprint density at radius 3 is 2.92 bits per heavy atom. The number of nitrogens with one attached hydrogen (secondary N) is 1. The van der Waals surface area contributed by atoms with E-state index in [4.69, 9.17) is 11.6 Å². The fourth-order valence-corrected chi connectivity index (χ4v) is 1.32. The molecule has 0 unspecified atom stereocenters. The van der Waals surface area contributed by atoms with Crippen molar-refractivity contribution in [2.24, 2.45) is 0 Å². The van der Waals surface area contributed by atoms with Crippen LogP contribution < -0.4 is 5.32 Å². The highest BCUT2D eigenvalue weighted by Crippen LogP contribution is 2.24. The summed E-state index contributed by atoms with van der Waals surface area (Å²) >= 11 is 5.97. The zero-order valence-corrected chi connectivity index (χ0v) is 7.86. The number of hydrogen-bond donors (Lipinski definition) is 1. The van der Waals surface area contributed by atoms with E-state index in [0.717, 1.165) is 22.8 Å². The Bertz CT molecular complexity index is 261. The molecule has 0 atom stereocenters. The normalized spacial score (nSPS) is 9.50. The summed E-state index contributed by atoms with van der Waals surface area (Å²) in [5.41, 5.74) is 2.16. The Balaban J connectivity index is 2.88. The van der Waals surface area contributed by atoms with Gasteiger partial charge >= 0.3 is 0 Å². The van der Waals surface area contributed by atoms with Gasteiger partial charge in [0, 0.05) is 6.54 Å². The highest BCUT2D eigenvalue weighted by molar-refractivity contribution is 6.33. The maximum atomic E-state index is 5.97. The Kier molecular flexibility index (Phi) is 3.18. The topological polar surface area (TPSA) is 12.0 Å². The van der Waals surface area contributed by atoms with Crippen LogP contribution in [0.2, 0.25) is 5.02 Å². The second-order valence-electron chi connectivity index (χ2n) is 2.60. The third-order valence-electron chi connectivity index (χ3n) is 1.65. The van der Waals surface area contributed by atoms with E-state index in [1.54, 1.807) is 0 Å². The minimum atomic E-state index is 0.741. The molecule has 0 radical (unpaired) electrons. The smallest absolute Gasteiger partial charge is 0.0640 e. The third kappa shape index (κ3) is 2.02. The molecule has 0 bridgehead atoms. The SMILES string of the molecule is C=CCNc1c(C)cccc1Cl. The standard InChI is InChI=1S/C10H12ClN/c1-3-7-12-10-8(2)5-4-6-9(10)11/h3-6,12H,1,7H2,2H3. The van der Waals surface area contributed by atoms with E-state index in [1.165, 1.54) is 0 Å². The van der Waals surface area contributed by atoms with Crippen molar-refractivity contribution in [3.8, 4) is 0 Å². The molecule has 0 fully saturated rings. The van der Waals surface area contributed by atoms with Gasteiger partial charge in [-0.05, 0) is 18.6 Å². The van der Waals surface area contributed by atoms with Gasteiger partial charge in [0.2, 0.25) is 0 Å². The van der Waals surface area contributed by atoms with Gasteiger partial charge in [0.15, 0.2) is 0 Å². The molecule has 0 aliphatic rings. The third-order valence-corrected chi connectivity index (χ3v) is 1.96. The summed E-state index contributed by atoms with van der Waals surface area (Å²) in [7, 11) is 0. The highest BCUT2D eigenvalue weighted by atomic mass is 35.5. The van der Waals surface area contributed by atoms with Crippen LogP contribution in [0.1, 0.15) is 5.56 Å². The van der Waals surface area contributed by atoms with Crippen LogP contribution in [0, 0.1) is 6.92 Å². The van der Waals surface area contributed by atoms with Crippen molar-refractivity contribution in [2.45, 2.75) is 6.92 Å². The summed E-state index contributed by atoms with van der Waals surface area (Å²) in [6.07, 6.45) is 1.81. The molecule has 1 aromatic carbocycles. The monoisotopic (exact) mass is 181 g/mol. The molecule has 1 N–H and O–H groups in total. The van der Waals surface area contributed by atoms with E-state index >= 15 is 0 Å². The quantitative estimate of drug-likeness (QED) is 0.706. The predicted molar refractivity (Wildman–Crippen MR) is 54.9 cm³/mol. The number of hydrogen-bond acceptors (Lipinski definition) is 1. The molecule has 2 heteroatoms. The van der Waals surface area contributed by atoms with E-state index in [2.05, 4.69) is 11.9 Å². The fraction of sp³-hybridized carbons (Fsp3) is 0.200. The van der Waals surface area contributed by atoms with E-state index in [1.807, 2.05) is 31.2 Å². The first-order valence-electron chi connectivity index (χ1n) is 3.85. The van der Waals surface area contributed by atoms with Gasteiger partial charge in [0.25, 0.3) is 0 Å². The number of anilines is 1. The van der Waals surface area contributed by atoms with Crippen LogP contribution >= 0.6 is 11.6 Å². The molecule has 0 saturated heterocycles. The molecule has 64 valence electrons. The molecule has 0 amide bonds. The van der Waals surface area contributed by atoms with Gasteiger partial charge in [-0.3, -0.25) is 0 Å². The van der Waals surface area contributed by atoms with E-state index in [9.17, 15) is 0 Å². The number of halogens is 1. The maximum Gasteiger partial charge on any atom is 0.0640 e. The Morgan fingerprint density at radius 2 is 2.33 bits per heavy atom. The first kappa shape index (κ1) is 9.14. The van der Waals surface area contributed by atoms with Gasteiger partial charge in [-0.1, -0.05) is 29.8 Å². The van der Waals surface area contributed by atoms with Gasteiger partial charge in [0.05, 0.1) is 10.7 Å². The van der Waals surface area contributed by atoms with Crippen LogP contribution in [0.25, 0.3) is 0 Å². The summed E-state index contributed by atoms with van der Waals surface area (Å²) in [6.45, 7) is 6.40. The Labute approximate surface area is 78.1 Å². The molecule has 0 heterocycles. The number of aryl methyl sites for hydroxylation is 1. The minimum absolute atomic E-state index is 0.741. The van der Waals surface area contributed by atoms with Crippen molar-refractivity contribution in [1.29, 1.82) is 0 Å². The number of benzene rings is 1. The lowest BCUT2D eigenvalue weighted by molar-refractivity contribution is 1.31. The van der Waals surface area contributed by atoms with Crippen molar-refractivity contribution in [3.63, 3.8) is 0 Å². The highest BCUT2D eigenvalue weighted by Gasteiger charge is 2.00. The van der Waals surface area contributed by atoms with Crippen molar-refractivity contribution in [3.05, 3.63) is 41.4 Å². The Morgan fingerprint density at radius 1 is 1.58 bits per heavy atom. The average Bonchev–Trinajstić information content (AvgIpc) is 2.04.